The van der Waals surface area contributed by atoms with Crippen molar-refractivity contribution in [1.29, 1.82) is 0 Å². The third-order valence-corrected chi connectivity index (χ3v) is 1.58. The summed E-state index contributed by atoms with van der Waals surface area (Å²) >= 11 is 0. The number of halogens is 2. The van der Waals surface area contributed by atoms with E-state index in [4.69, 9.17) is 10.8 Å². The molecule has 0 radical (unpaired) electrons. The molecule has 0 spiro atoms. The number of nitrogen functional groups attached to an aromatic ring is 1. The molecular formula is C7H10F2N4O2. The van der Waals surface area contributed by atoms with E-state index in [9.17, 15) is 13.6 Å². The molecule has 0 aliphatic rings. The predicted octanol–water partition coefficient (Wildman–Crippen LogP) is -0.651. The van der Waals surface area contributed by atoms with Crippen LogP contribution in [-0.2, 0) is 0 Å². The molecule has 5 N–H and O–H groups in total. The lowest BCUT2D eigenvalue weighted by Gasteiger charge is -2.13. The molecule has 0 unspecified atom stereocenters. The summed E-state index contributed by atoms with van der Waals surface area (Å²) in [6.45, 7) is -2.26. The number of H-pyrrole nitrogens is 1. The number of carbonyl (C=O) groups excluding carboxylic acids is 1. The minimum absolute atomic E-state index is 0.0127. The smallest absolute Gasteiger partial charge is 0.287 e. The Balaban J connectivity index is 2.50. The van der Waals surface area contributed by atoms with Gasteiger partial charge in [-0.2, -0.15) is 5.10 Å². The van der Waals surface area contributed by atoms with Crippen LogP contribution in [0.25, 0.3) is 0 Å². The van der Waals surface area contributed by atoms with Crippen LogP contribution in [0.5, 0.6) is 0 Å². The van der Waals surface area contributed by atoms with E-state index in [1.807, 2.05) is 5.32 Å². The maximum absolute atomic E-state index is 12.5. The van der Waals surface area contributed by atoms with Crippen molar-refractivity contribution < 1.29 is 18.7 Å². The van der Waals surface area contributed by atoms with Crippen LogP contribution in [0.4, 0.5) is 14.6 Å². The number of hydrogen-bond acceptors (Lipinski definition) is 4. The number of anilines is 1. The number of aliphatic hydroxyl groups excluding tert-OH is 1. The minimum Gasteiger partial charge on any atom is -0.390 e. The molecule has 1 heterocycles. The Bertz CT molecular complexity index is 353. The van der Waals surface area contributed by atoms with Crippen LogP contribution in [0.1, 0.15) is 10.5 Å². The Labute approximate surface area is 83.5 Å². The van der Waals surface area contributed by atoms with Gasteiger partial charge in [0.15, 0.2) is 0 Å². The highest BCUT2D eigenvalue weighted by Gasteiger charge is 2.28. The molecule has 6 nitrogen and oxygen atoms in total. The summed E-state index contributed by atoms with van der Waals surface area (Å²) in [6, 6.07) is 1.21. The number of nitrogens with zero attached hydrogens (tertiary/aromatic N) is 1. The van der Waals surface area contributed by atoms with Crippen LogP contribution in [0.3, 0.4) is 0 Å². The van der Waals surface area contributed by atoms with E-state index < -0.39 is 25.0 Å². The third kappa shape index (κ3) is 3.17. The van der Waals surface area contributed by atoms with Crippen LogP contribution < -0.4 is 11.1 Å². The lowest BCUT2D eigenvalue weighted by molar-refractivity contribution is -0.0462. The molecule has 15 heavy (non-hydrogen) atoms. The second-order valence-corrected chi connectivity index (χ2v) is 2.90. The molecule has 0 saturated carbocycles. The van der Waals surface area contributed by atoms with Crippen LogP contribution in [0.2, 0.25) is 0 Å². The zero-order valence-electron chi connectivity index (χ0n) is 7.63. The standard InChI is InChI=1S/C7H10F2N4O2/c8-7(9,3-14)2-11-6(15)4-1-5(10)13-12-4/h1,14H,2-3H2,(H,11,15)(H3,10,12,13). The highest BCUT2D eigenvalue weighted by Crippen LogP contribution is 2.10. The lowest BCUT2D eigenvalue weighted by Crippen LogP contribution is -2.39. The normalized spacial score (nSPS) is 11.4. The van der Waals surface area contributed by atoms with Gasteiger partial charge in [-0.15, -0.1) is 0 Å². The highest BCUT2D eigenvalue weighted by atomic mass is 19.3. The Morgan fingerprint density at radius 2 is 2.40 bits per heavy atom. The number of hydrogen-bond donors (Lipinski definition) is 4. The molecule has 1 aromatic rings. The molecule has 0 atom stereocenters. The van der Waals surface area contributed by atoms with Gasteiger partial charge in [0, 0.05) is 6.07 Å². The second-order valence-electron chi connectivity index (χ2n) is 2.90. The first-order valence-electron chi connectivity index (χ1n) is 4.02. The number of nitrogens with two attached hydrogens (primary N) is 1. The number of nitrogens with one attached hydrogen (secondary N) is 2. The summed E-state index contributed by atoms with van der Waals surface area (Å²) in [4.78, 5) is 11.2. The van der Waals surface area contributed by atoms with Crippen molar-refractivity contribution >= 4 is 11.7 Å². The quantitative estimate of drug-likeness (QED) is 0.541. The van der Waals surface area contributed by atoms with Crippen molar-refractivity contribution in [3.8, 4) is 0 Å². The average Bonchev–Trinajstić information content (AvgIpc) is 2.61. The zero-order valence-corrected chi connectivity index (χ0v) is 7.63. The van der Waals surface area contributed by atoms with E-state index in [1.165, 1.54) is 6.07 Å². The van der Waals surface area contributed by atoms with Crippen molar-refractivity contribution in [2.45, 2.75) is 5.92 Å². The van der Waals surface area contributed by atoms with E-state index in [1.54, 1.807) is 0 Å². The summed E-state index contributed by atoms with van der Waals surface area (Å²) in [6.07, 6.45) is 0. The second kappa shape index (κ2) is 4.22. The summed E-state index contributed by atoms with van der Waals surface area (Å²) < 4.78 is 25.0. The predicted molar refractivity (Wildman–Crippen MR) is 47.4 cm³/mol. The van der Waals surface area contributed by atoms with Crippen molar-refractivity contribution in [2.24, 2.45) is 0 Å². The summed E-state index contributed by atoms with van der Waals surface area (Å²) in [5, 5.41) is 15.9. The van der Waals surface area contributed by atoms with Gasteiger partial charge in [0.1, 0.15) is 18.1 Å². The molecule has 0 aliphatic carbocycles. The van der Waals surface area contributed by atoms with Gasteiger partial charge >= 0.3 is 0 Å². The first-order chi connectivity index (χ1) is 6.94. The SMILES string of the molecule is Nc1cc(C(=O)NCC(F)(F)CO)[nH]n1. The number of aromatic amines is 1. The van der Waals surface area contributed by atoms with Crippen LogP contribution in [-0.4, -0.2) is 40.3 Å². The Kier molecular flexibility index (Phi) is 3.20. The molecule has 0 fully saturated rings. The summed E-state index contributed by atoms with van der Waals surface area (Å²) in [5.74, 6) is -4.00. The molecule has 1 aromatic heterocycles. The van der Waals surface area contributed by atoms with Gasteiger partial charge in [0.05, 0.1) is 6.54 Å². The minimum atomic E-state index is -3.33. The topological polar surface area (TPSA) is 104 Å². The number of carbonyl (C=O) groups is 1. The van der Waals surface area contributed by atoms with Gasteiger partial charge < -0.3 is 16.2 Å². The molecule has 0 aliphatic heterocycles. The van der Waals surface area contributed by atoms with E-state index in [0.29, 0.717) is 0 Å². The fourth-order valence-electron chi connectivity index (χ4n) is 0.814. The number of rotatable bonds is 4. The van der Waals surface area contributed by atoms with Crippen LogP contribution in [0.15, 0.2) is 6.07 Å². The number of aliphatic hydroxyl groups is 1. The molecule has 84 valence electrons. The maximum Gasteiger partial charge on any atom is 0.287 e. The van der Waals surface area contributed by atoms with Gasteiger partial charge in [-0.05, 0) is 0 Å². The summed E-state index contributed by atoms with van der Waals surface area (Å²) in [5.41, 5.74) is 5.20. The number of aromatic nitrogens is 2. The van der Waals surface area contributed by atoms with Crippen molar-refractivity contribution in [3.05, 3.63) is 11.8 Å². The lowest BCUT2D eigenvalue weighted by atomic mass is 10.3. The fraction of sp³-hybridized carbons (Fsp3) is 0.429. The molecule has 0 bridgehead atoms. The third-order valence-electron chi connectivity index (χ3n) is 1.58. The van der Waals surface area contributed by atoms with Crippen molar-refractivity contribution in [1.82, 2.24) is 15.5 Å². The molecular weight excluding hydrogens is 210 g/mol. The first-order valence-corrected chi connectivity index (χ1v) is 4.02. The molecule has 8 heteroatoms. The van der Waals surface area contributed by atoms with Crippen molar-refractivity contribution in [2.75, 3.05) is 18.9 Å². The Hall–Kier alpha value is -1.70. The van der Waals surface area contributed by atoms with Gasteiger partial charge in [0.25, 0.3) is 11.8 Å². The Morgan fingerprint density at radius 3 is 2.87 bits per heavy atom. The monoisotopic (exact) mass is 220 g/mol. The van der Waals surface area contributed by atoms with Crippen LogP contribution in [0, 0.1) is 0 Å². The maximum atomic E-state index is 12.5. The van der Waals surface area contributed by atoms with Gasteiger partial charge in [-0.3, -0.25) is 9.89 Å². The van der Waals surface area contributed by atoms with E-state index in [-0.39, 0.29) is 11.5 Å². The fourth-order valence-corrected chi connectivity index (χ4v) is 0.814. The van der Waals surface area contributed by atoms with Crippen molar-refractivity contribution in [3.63, 3.8) is 0 Å². The Morgan fingerprint density at radius 1 is 1.73 bits per heavy atom. The number of amides is 1. The van der Waals surface area contributed by atoms with E-state index >= 15 is 0 Å². The zero-order chi connectivity index (χ0) is 11.5. The molecule has 1 amide bonds. The van der Waals surface area contributed by atoms with Gasteiger partial charge in [0.2, 0.25) is 0 Å². The highest BCUT2D eigenvalue weighted by molar-refractivity contribution is 5.92. The number of alkyl halides is 2. The van der Waals surface area contributed by atoms with Gasteiger partial charge in [-0.25, -0.2) is 8.78 Å². The molecule has 1 rings (SSSR count). The largest absolute Gasteiger partial charge is 0.390 e. The average molecular weight is 220 g/mol. The van der Waals surface area contributed by atoms with Gasteiger partial charge in [-0.1, -0.05) is 0 Å². The van der Waals surface area contributed by atoms with E-state index in [2.05, 4.69) is 10.2 Å². The van der Waals surface area contributed by atoms with E-state index in [0.717, 1.165) is 0 Å². The van der Waals surface area contributed by atoms with Crippen LogP contribution >= 0.6 is 0 Å². The molecule has 0 saturated heterocycles. The first kappa shape index (κ1) is 11.4. The molecule has 0 aromatic carbocycles. The summed E-state index contributed by atoms with van der Waals surface area (Å²) in [7, 11) is 0.